The number of aromatic nitrogens is 2. The van der Waals surface area contributed by atoms with Gasteiger partial charge < -0.3 is 10.1 Å². The molecular formula is C14H12F3N3O2. The summed E-state index contributed by atoms with van der Waals surface area (Å²) in [7, 11) is 0. The van der Waals surface area contributed by atoms with E-state index in [1.807, 2.05) is 0 Å². The molecule has 1 N–H and O–H groups in total. The molecule has 8 heteroatoms. The topological polar surface area (TPSA) is 64.1 Å². The number of hydrogen-bond donors (Lipinski definition) is 1. The van der Waals surface area contributed by atoms with Crippen molar-refractivity contribution in [2.75, 3.05) is 5.32 Å². The van der Waals surface area contributed by atoms with Gasteiger partial charge in [-0.1, -0.05) is 0 Å². The molecule has 116 valence electrons. The Morgan fingerprint density at radius 1 is 1.09 bits per heavy atom. The molecular weight excluding hydrogens is 299 g/mol. The summed E-state index contributed by atoms with van der Waals surface area (Å²) in [5, 5.41) is 1.74. The van der Waals surface area contributed by atoms with Gasteiger partial charge in [-0.25, -0.2) is 9.97 Å². The quantitative estimate of drug-likeness (QED) is 0.943. The fraction of sp³-hybridized carbons (Fsp3) is 0.214. The van der Waals surface area contributed by atoms with Crippen LogP contribution in [0.15, 0.2) is 30.3 Å². The SMILES string of the molecule is Cc1cc(C)nc(Oc2ccc(NC(=O)C(F)(F)F)cc2)n1. The molecule has 0 unspecified atom stereocenters. The molecule has 0 aliphatic heterocycles. The zero-order valence-corrected chi connectivity index (χ0v) is 11.7. The third-order valence-electron chi connectivity index (χ3n) is 2.54. The molecule has 22 heavy (non-hydrogen) atoms. The Morgan fingerprint density at radius 3 is 2.14 bits per heavy atom. The van der Waals surface area contributed by atoms with Crippen LogP contribution in [-0.2, 0) is 4.79 Å². The monoisotopic (exact) mass is 311 g/mol. The number of nitrogens with zero attached hydrogens (tertiary/aromatic N) is 2. The number of amides is 1. The van der Waals surface area contributed by atoms with Crippen molar-refractivity contribution in [3.05, 3.63) is 41.7 Å². The average molecular weight is 311 g/mol. The number of halogens is 3. The number of hydrogen-bond acceptors (Lipinski definition) is 4. The molecule has 2 aromatic rings. The van der Waals surface area contributed by atoms with Crippen molar-refractivity contribution in [2.24, 2.45) is 0 Å². The lowest BCUT2D eigenvalue weighted by atomic mass is 10.3. The van der Waals surface area contributed by atoms with Crippen LogP contribution in [0.2, 0.25) is 0 Å². The number of carbonyl (C=O) groups is 1. The third kappa shape index (κ3) is 4.18. The Balaban J connectivity index is 2.07. The van der Waals surface area contributed by atoms with Crippen LogP contribution in [0.1, 0.15) is 11.4 Å². The number of nitrogens with one attached hydrogen (secondary N) is 1. The smallest absolute Gasteiger partial charge is 0.424 e. The summed E-state index contributed by atoms with van der Waals surface area (Å²) < 4.78 is 41.8. The van der Waals surface area contributed by atoms with Gasteiger partial charge in [-0.15, -0.1) is 0 Å². The average Bonchev–Trinajstić information content (AvgIpc) is 2.38. The van der Waals surface area contributed by atoms with Gasteiger partial charge in [0.05, 0.1) is 0 Å². The van der Waals surface area contributed by atoms with E-state index in [4.69, 9.17) is 4.74 Å². The number of ether oxygens (including phenoxy) is 1. The van der Waals surface area contributed by atoms with Gasteiger partial charge in [-0.2, -0.15) is 13.2 Å². The summed E-state index contributed by atoms with van der Waals surface area (Å²) in [5.41, 5.74) is 1.48. The Labute approximate surface area is 124 Å². The van der Waals surface area contributed by atoms with Crippen LogP contribution in [0, 0.1) is 13.8 Å². The molecule has 1 aromatic carbocycles. The van der Waals surface area contributed by atoms with E-state index < -0.39 is 12.1 Å². The zero-order valence-electron chi connectivity index (χ0n) is 11.7. The van der Waals surface area contributed by atoms with Crippen molar-refractivity contribution in [2.45, 2.75) is 20.0 Å². The summed E-state index contributed by atoms with van der Waals surface area (Å²) in [6.07, 6.45) is -4.93. The van der Waals surface area contributed by atoms with E-state index in [1.165, 1.54) is 24.3 Å². The number of carbonyl (C=O) groups excluding carboxylic acids is 1. The van der Waals surface area contributed by atoms with Gasteiger partial charge in [0.25, 0.3) is 0 Å². The van der Waals surface area contributed by atoms with Crippen molar-refractivity contribution in [1.29, 1.82) is 0 Å². The normalized spacial score (nSPS) is 11.1. The predicted octanol–water partition coefficient (Wildman–Crippen LogP) is 3.39. The standard InChI is InChI=1S/C14H12F3N3O2/c1-8-7-9(2)19-13(18-8)22-11-5-3-10(4-6-11)20-12(21)14(15,16)17/h3-7H,1-2H3,(H,20,21). The summed E-state index contributed by atoms with van der Waals surface area (Å²) in [6, 6.07) is 7.33. The highest BCUT2D eigenvalue weighted by atomic mass is 19.4. The van der Waals surface area contributed by atoms with Crippen molar-refractivity contribution in [3.8, 4) is 11.8 Å². The first-order valence-corrected chi connectivity index (χ1v) is 6.22. The van der Waals surface area contributed by atoms with Gasteiger partial charge in [0.15, 0.2) is 0 Å². The lowest BCUT2D eigenvalue weighted by Gasteiger charge is -2.09. The number of benzene rings is 1. The second kappa shape index (κ2) is 6.00. The van der Waals surface area contributed by atoms with Crippen LogP contribution < -0.4 is 10.1 Å². The summed E-state index contributed by atoms with van der Waals surface area (Å²) in [5.74, 6) is -1.69. The largest absolute Gasteiger partial charge is 0.471 e. The molecule has 0 spiro atoms. The van der Waals surface area contributed by atoms with Crippen molar-refractivity contribution < 1.29 is 22.7 Å². The maximum atomic E-state index is 12.1. The van der Waals surface area contributed by atoms with Crippen LogP contribution in [0.5, 0.6) is 11.8 Å². The minimum absolute atomic E-state index is 0.0102. The molecule has 1 heterocycles. The molecule has 1 aromatic heterocycles. The lowest BCUT2D eigenvalue weighted by molar-refractivity contribution is -0.167. The maximum absolute atomic E-state index is 12.1. The minimum atomic E-state index is -4.93. The summed E-state index contributed by atoms with van der Waals surface area (Å²) in [4.78, 5) is 19.0. The minimum Gasteiger partial charge on any atom is -0.424 e. The Hall–Kier alpha value is -2.64. The van der Waals surface area contributed by atoms with E-state index in [0.717, 1.165) is 11.4 Å². The van der Waals surface area contributed by atoms with E-state index in [0.29, 0.717) is 5.75 Å². The Morgan fingerprint density at radius 2 is 1.64 bits per heavy atom. The third-order valence-corrected chi connectivity index (χ3v) is 2.54. The van der Waals surface area contributed by atoms with Crippen molar-refractivity contribution >= 4 is 11.6 Å². The van der Waals surface area contributed by atoms with Gasteiger partial charge >= 0.3 is 18.1 Å². The first-order chi connectivity index (χ1) is 10.2. The number of aryl methyl sites for hydroxylation is 2. The molecule has 5 nitrogen and oxygen atoms in total. The van der Waals surface area contributed by atoms with Gasteiger partial charge in [0, 0.05) is 17.1 Å². The van der Waals surface area contributed by atoms with Crippen molar-refractivity contribution in [3.63, 3.8) is 0 Å². The molecule has 0 saturated carbocycles. The maximum Gasteiger partial charge on any atom is 0.471 e. The van der Waals surface area contributed by atoms with Gasteiger partial charge in [0.1, 0.15) is 5.75 Å². The van der Waals surface area contributed by atoms with Gasteiger partial charge in [-0.3, -0.25) is 4.79 Å². The van der Waals surface area contributed by atoms with E-state index >= 15 is 0 Å². The molecule has 0 aliphatic carbocycles. The second-order valence-electron chi connectivity index (χ2n) is 4.51. The van der Waals surface area contributed by atoms with E-state index in [2.05, 4.69) is 9.97 Å². The Kier molecular flexibility index (Phi) is 4.30. The van der Waals surface area contributed by atoms with Crippen molar-refractivity contribution in [1.82, 2.24) is 9.97 Å². The molecule has 2 rings (SSSR count). The first kappa shape index (κ1) is 15.7. The number of rotatable bonds is 3. The number of anilines is 1. The molecule has 0 atom stereocenters. The van der Waals surface area contributed by atoms with E-state index in [1.54, 1.807) is 25.2 Å². The van der Waals surface area contributed by atoms with Crippen LogP contribution in [0.3, 0.4) is 0 Å². The van der Waals surface area contributed by atoms with Crippen LogP contribution in [0.25, 0.3) is 0 Å². The predicted molar refractivity (Wildman–Crippen MR) is 72.7 cm³/mol. The van der Waals surface area contributed by atoms with Crippen LogP contribution in [0.4, 0.5) is 18.9 Å². The molecule has 0 aliphatic rings. The molecule has 0 fully saturated rings. The highest BCUT2D eigenvalue weighted by Crippen LogP contribution is 2.22. The van der Waals surface area contributed by atoms with E-state index in [-0.39, 0.29) is 11.7 Å². The van der Waals surface area contributed by atoms with Gasteiger partial charge in [0.2, 0.25) is 0 Å². The fourth-order valence-corrected chi connectivity index (χ4v) is 1.65. The molecule has 0 radical (unpaired) electrons. The molecule has 0 bridgehead atoms. The zero-order chi connectivity index (χ0) is 16.3. The molecule has 1 amide bonds. The summed E-state index contributed by atoms with van der Waals surface area (Å²) in [6.45, 7) is 3.58. The Bertz CT molecular complexity index is 664. The fourth-order valence-electron chi connectivity index (χ4n) is 1.65. The van der Waals surface area contributed by atoms with E-state index in [9.17, 15) is 18.0 Å². The highest BCUT2D eigenvalue weighted by Gasteiger charge is 2.38. The number of alkyl halides is 3. The molecule has 0 saturated heterocycles. The summed E-state index contributed by atoms with van der Waals surface area (Å²) >= 11 is 0. The van der Waals surface area contributed by atoms with Gasteiger partial charge in [-0.05, 0) is 44.2 Å². The van der Waals surface area contributed by atoms with Crippen LogP contribution >= 0.6 is 0 Å². The second-order valence-corrected chi connectivity index (χ2v) is 4.51. The highest BCUT2D eigenvalue weighted by molar-refractivity contribution is 5.94. The lowest BCUT2D eigenvalue weighted by Crippen LogP contribution is -2.29. The van der Waals surface area contributed by atoms with Crippen LogP contribution in [-0.4, -0.2) is 22.1 Å². The first-order valence-electron chi connectivity index (χ1n) is 6.22.